The van der Waals surface area contributed by atoms with Gasteiger partial charge in [-0.1, -0.05) is 17.7 Å². The van der Waals surface area contributed by atoms with E-state index in [1.165, 1.54) is 0 Å². The van der Waals surface area contributed by atoms with Gasteiger partial charge >= 0.3 is 0 Å². The number of hydrogen-bond acceptors (Lipinski definition) is 4. The van der Waals surface area contributed by atoms with Gasteiger partial charge in [-0.05, 0) is 18.2 Å². The summed E-state index contributed by atoms with van der Waals surface area (Å²) in [4.78, 5) is 8.36. The highest BCUT2D eigenvalue weighted by Gasteiger charge is 2.10. The average Bonchev–Trinajstić information content (AvgIpc) is 2.53. The molecule has 5 heteroatoms. The molecule has 0 N–H and O–H groups in total. The number of aromatic nitrogens is 2. The Kier molecular flexibility index (Phi) is 3.88. The van der Waals surface area contributed by atoms with Gasteiger partial charge in [-0.25, -0.2) is 0 Å². The van der Waals surface area contributed by atoms with E-state index in [-0.39, 0.29) is 0 Å². The fourth-order valence-electron chi connectivity index (χ4n) is 2.04. The Balaban J connectivity index is 1.94. The zero-order valence-corrected chi connectivity index (χ0v) is 12.2. The standard InChI is InChI=1S/C16H13ClN2O2/c1-20-15-7-12-13(17)4-6-19-14(12)8-16(15)21-10-11-3-2-5-18-9-11/h2-9H,10H2,1H3. The predicted molar refractivity (Wildman–Crippen MR) is 81.9 cm³/mol. The molecule has 0 radical (unpaired) electrons. The molecule has 0 aliphatic carbocycles. The van der Waals surface area contributed by atoms with Gasteiger partial charge in [0.05, 0.1) is 17.6 Å². The molecule has 0 bridgehead atoms. The van der Waals surface area contributed by atoms with Crippen molar-refractivity contribution in [3.63, 3.8) is 0 Å². The molecule has 106 valence electrons. The molecule has 21 heavy (non-hydrogen) atoms. The first-order valence-corrected chi connectivity index (χ1v) is 6.79. The summed E-state index contributed by atoms with van der Waals surface area (Å²) in [6, 6.07) is 9.24. The van der Waals surface area contributed by atoms with Crippen molar-refractivity contribution in [3.05, 3.63) is 59.5 Å². The highest BCUT2D eigenvalue weighted by molar-refractivity contribution is 6.35. The molecule has 0 amide bonds. The smallest absolute Gasteiger partial charge is 0.163 e. The quantitative estimate of drug-likeness (QED) is 0.733. The number of hydrogen-bond donors (Lipinski definition) is 0. The van der Waals surface area contributed by atoms with E-state index in [1.54, 1.807) is 31.8 Å². The van der Waals surface area contributed by atoms with Crippen LogP contribution in [0.2, 0.25) is 5.02 Å². The maximum atomic E-state index is 6.17. The number of rotatable bonds is 4. The Hall–Kier alpha value is -2.33. The van der Waals surface area contributed by atoms with Gasteiger partial charge in [-0.3, -0.25) is 9.97 Å². The molecule has 0 fully saturated rings. The molecule has 0 aliphatic rings. The minimum Gasteiger partial charge on any atom is -0.493 e. The zero-order chi connectivity index (χ0) is 14.7. The van der Waals surface area contributed by atoms with E-state index in [4.69, 9.17) is 21.1 Å². The summed E-state index contributed by atoms with van der Waals surface area (Å²) in [5.74, 6) is 1.25. The van der Waals surface area contributed by atoms with Crippen molar-refractivity contribution < 1.29 is 9.47 Å². The van der Waals surface area contributed by atoms with E-state index in [0.717, 1.165) is 16.5 Å². The second-order valence-electron chi connectivity index (χ2n) is 4.46. The summed E-state index contributed by atoms with van der Waals surface area (Å²) in [6.07, 6.45) is 5.16. The van der Waals surface area contributed by atoms with E-state index in [9.17, 15) is 0 Å². The minimum absolute atomic E-state index is 0.413. The Labute approximate surface area is 127 Å². The van der Waals surface area contributed by atoms with Crippen LogP contribution in [0, 0.1) is 0 Å². The van der Waals surface area contributed by atoms with E-state index < -0.39 is 0 Å². The van der Waals surface area contributed by atoms with Crippen LogP contribution in [0.5, 0.6) is 11.5 Å². The summed E-state index contributed by atoms with van der Waals surface area (Å²) in [7, 11) is 1.60. The third kappa shape index (κ3) is 2.90. The second kappa shape index (κ2) is 5.97. The van der Waals surface area contributed by atoms with Crippen LogP contribution >= 0.6 is 11.6 Å². The zero-order valence-electron chi connectivity index (χ0n) is 11.4. The molecule has 3 aromatic rings. The SMILES string of the molecule is COc1cc2c(Cl)ccnc2cc1OCc1cccnc1. The Morgan fingerprint density at radius 3 is 2.81 bits per heavy atom. The lowest BCUT2D eigenvalue weighted by molar-refractivity contribution is 0.284. The summed E-state index contributed by atoms with van der Waals surface area (Å²) in [5, 5.41) is 1.47. The molecule has 1 aromatic carbocycles. The lowest BCUT2D eigenvalue weighted by Gasteiger charge is -2.12. The molecule has 0 saturated heterocycles. The summed E-state index contributed by atoms with van der Waals surface area (Å²) in [5.41, 5.74) is 1.75. The number of benzene rings is 1. The molecule has 0 saturated carbocycles. The fraction of sp³-hybridized carbons (Fsp3) is 0.125. The molecule has 0 atom stereocenters. The first-order chi connectivity index (χ1) is 10.3. The van der Waals surface area contributed by atoms with Crippen LogP contribution < -0.4 is 9.47 Å². The minimum atomic E-state index is 0.413. The highest BCUT2D eigenvalue weighted by Crippen LogP contribution is 2.34. The molecule has 0 aliphatic heterocycles. The Morgan fingerprint density at radius 2 is 2.05 bits per heavy atom. The van der Waals surface area contributed by atoms with Gasteiger partial charge in [0.1, 0.15) is 6.61 Å². The number of fused-ring (bicyclic) bond motifs is 1. The fourth-order valence-corrected chi connectivity index (χ4v) is 2.24. The third-order valence-corrected chi connectivity index (χ3v) is 3.42. The Bertz CT molecular complexity index is 763. The van der Waals surface area contributed by atoms with Crippen molar-refractivity contribution >= 4 is 22.5 Å². The van der Waals surface area contributed by atoms with Crippen molar-refractivity contribution in [2.75, 3.05) is 7.11 Å². The van der Waals surface area contributed by atoms with Gasteiger partial charge < -0.3 is 9.47 Å². The topological polar surface area (TPSA) is 44.2 Å². The van der Waals surface area contributed by atoms with Crippen molar-refractivity contribution in [2.24, 2.45) is 0 Å². The maximum absolute atomic E-state index is 6.17. The molecule has 2 aromatic heterocycles. The summed E-state index contributed by atoms with van der Waals surface area (Å²) < 4.78 is 11.2. The van der Waals surface area contributed by atoms with Crippen LogP contribution in [0.1, 0.15) is 5.56 Å². The van der Waals surface area contributed by atoms with E-state index in [0.29, 0.717) is 23.1 Å². The maximum Gasteiger partial charge on any atom is 0.163 e. The van der Waals surface area contributed by atoms with Crippen LogP contribution in [0.3, 0.4) is 0 Å². The number of methoxy groups -OCH3 is 1. The average molecular weight is 301 g/mol. The highest BCUT2D eigenvalue weighted by atomic mass is 35.5. The summed E-state index contributed by atoms with van der Waals surface area (Å²) in [6.45, 7) is 0.413. The van der Waals surface area contributed by atoms with E-state index in [1.807, 2.05) is 24.3 Å². The van der Waals surface area contributed by atoms with Crippen molar-refractivity contribution in [2.45, 2.75) is 6.61 Å². The predicted octanol–water partition coefficient (Wildman–Crippen LogP) is 3.87. The normalized spacial score (nSPS) is 10.6. The van der Waals surface area contributed by atoms with E-state index >= 15 is 0 Å². The van der Waals surface area contributed by atoms with E-state index in [2.05, 4.69) is 9.97 Å². The molecule has 3 rings (SSSR count). The van der Waals surface area contributed by atoms with Gasteiger partial charge in [0.15, 0.2) is 11.5 Å². The molecule has 2 heterocycles. The van der Waals surface area contributed by atoms with Crippen molar-refractivity contribution in [3.8, 4) is 11.5 Å². The molecular weight excluding hydrogens is 288 g/mol. The van der Waals surface area contributed by atoms with Gasteiger partial charge in [0, 0.05) is 35.6 Å². The molecule has 0 spiro atoms. The number of halogens is 1. The van der Waals surface area contributed by atoms with Gasteiger partial charge in [-0.2, -0.15) is 0 Å². The number of ether oxygens (including phenoxy) is 2. The Morgan fingerprint density at radius 1 is 1.14 bits per heavy atom. The lowest BCUT2D eigenvalue weighted by atomic mass is 10.2. The number of nitrogens with zero attached hydrogens (tertiary/aromatic N) is 2. The van der Waals surface area contributed by atoms with Crippen LogP contribution in [-0.4, -0.2) is 17.1 Å². The molecule has 4 nitrogen and oxygen atoms in total. The second-order valence-corrected chi connectivity index (χ2v) is 4.87. The van der Waals surface area contributed by atoms with Crippen LogP contribution in [0.15, 0.2) is 48.9 Å². The first kappa shape index (κ1) is 13.6. The van der Waals surface area contributed by atoms with Crippen molar-refractivity contribution in [1.29, 1.82) is 0 Å². The third-order valence-electron chi connectivity index (χ3n) is 3.09. The van der Waals surface area contributed by atoms with Gasteiger partial charge in [0.2, 0.25) is 0 Å². The largest absolute Gasteiger partial charge is 0.493 e. The van der Waals surface area contributed by atoms with Crippen molar-refractivity contribution in [1.82, 2.24) is 9.97 Å². The van der Waals surface area contributed by atoms with Crippen LogP contribution in [-0.2, 0) is 6.61 Å². The summed E-state index contributed by atoms with van der Waals surface area (Å²) >= 11 is 6.17. The van der Waals surface area contributed by atoms with Gasteiger partial charge in [-0.15, -0.1) is 0 Å². The van der Waals surface area contributed by atoms with Crippen LogP contribution in [0.25, 0.3) is 10.9 Å². The van der Waals surface area contributed by atoms with Crippen LogP contribution in [0.4, 0.5) is 0 Å². The first-order valence-electron chi connectivity index (χ1n) is 6.42. The molecule has 0 unspecified atom stereocenters. The molecular formula is C16H13ClN2O2. The lowest BCUT2D eigenvalue weighted by Crippen LogP contribution is -1.98. The monoisotopic (exact) mass is 300 g/mol. The number of pyridine rings is 2. The van der Waals surface area contributed by atoms with Gasteiger partial charge in [0.25, 0.3) is 0 Å².